The molecule has 1 unspecified atom stereocenters. The molecule has 1 aliphatic heterocycles. The normalized spacial score (nSPS) is 21.4. The summed E-state index contributed by atoms with van der Waals surface area (Å²) in [5.41, 5.74) is 5.29. The van der Waals surface area contributed by atoms with E-state index in [1.54, 1.807) is 11.9 Å². The van der Waals surface area contributed by atoms with E-state index in [0.717, 1.165) is 6.54 Å². The van der Waals surface area contributed by atoms with Gasteiger partial charge >= 0.3 is 0 Å². The zero-order valence-corrected chi connectivity index (χ0v) is 13.3. The minimum Gasteiger partial charge on any atom is -0.382 e. The molecule has 1 atom stereocenters. The topological polar surface area (TPSA) is 100 Å². The zero-order valence-electron chi connectivity index (χ0n) is 12.5. The van der Waals surface area contributed by atoms with Crippen molar-refractivity contribution in [2.45, 2.75) is 20.3 Å². The molecule has 1 fully saturated rings. The highest BCUT2D eigenvalue weighted by atomic mass is 32.1. The van der Waals surface area contributed by atoms with Gasteiger partial charge in [0, 0.05) is 26.7 Å². The van der Waals surface area contributed by atoms with Gasteiger partial charge in [-0.05, 0) is 20.3 Å². The smallest absolute Gasteiger partial charge is 0.267 e. The van der Waals surface area contributed by atoms with Crippen LogP contribution in [0, 0.1) is 5.41 Å². The number of likely N-dealkylation sites (tertiary alicyclic amines) is 1. The Hall–Kier alpha value is -1.83. The van der Waals surface area contributed by atoms with Crippen LogP contribution in [0.15, 0.2) is 0 Å². The Labute approximate surface area is 127 Å². The maximum atomic E-state index is 12.5. The lowest BCUT2D eigenvalue weighted by molar-refractivity contribution is -0.128. The van der Waals surface area contributed by atoms with Gasteiger partial charge in [-0.15, -0.1) is 0 Å². The second-order valence-corrected chi connectivity index (χ2v) is 6.38. The number of hydrogen-bond acceptors (Lipinski definition) is 6. The van der Waals surface area contributed by atoms with Crippen LogP contribution in [0.4, 0.5) is 10.9 Å². The van der Waals surface area contributed by atoms with Crippen LogP contribution in [-0.4, -0.2) is 48.4 Å². The Kier molecular flexibility index (Phi) is 4.36. The predicted octanol–water partition coefficient (Wildman–Crippen LogP) is 0.755. The average Bonchev–Trinajstić information content (AvgIpc) is 3.02. The first kappa shape index (κ1) is 15.6. The first-order valence-corrected chi connectivity index (χ1v) is 7.74. The van der Waals surface area contributed by atoms with Crippen molar-refractivity contribution in [3.8, 4) is 0 Å². The zero-order chi connectivity index (χ0) is 15.6. The van der Waals surface area contributed by atoms with Gasteiger partial charge < -0.3 is 21.3 Å². The van der Waals surface area contributed by atoms with Crippen molar-refractivity contribution in [3.05, 3.63) is 4.88 Å². The number of anilines is 2. The Morgan fingerprint density at radius 2 is 2.24 bits per heavy atom. The third-order valence-corrected chi connectivity index (χ3v) is 4.73. The molecular formula is C13H21N5O2S. The summed E-state index contributed by atoms with van der Waals surface area (Å²) in [7, 11) is 1.61. The monoisotopic (exact) mass is 311 g/mol. The van der Waals surface area contributed by atoms with Crippen LogP contribution in [0.1, 0.15) is 29.9 Å². The first-order valence-electron chi connectivity index (χ1n) is 6.93. The summed E-state index contributed by atoms with van der Waals surface area (Å²) in [5.74, 6) is 0.0553. The molecule has 2 heterocycles. The summed E-state index contributed by atoms with van der Waals surface area (Å²) in [5, 5.41) is 6.35. The number of aromatic nitrogens is 1. The molecule has 2 rings (SSSR count). The van der Waals surface area contributed by atoms with Crippen LogP contribution in [0.2, 0.25) is 0 Å². The predicted molar refractivity (Wildman–Crippen MR) is 83.4 cm³/mol. The number of hydrogen-bond donors (Lipinski definition) is 3. The lowest BCUT2D eigenvalue weighted by Gasteiger charge is -2.22. The molecular weight excluding hydrogens is 290 g/mol. The van der Waals surface area contributed by atoms with E-state index >= 15 is 0 Å². The number of carbonyl (C=O) groups is 2. The van der Waals surface area contributed by atoms with Gasteiger partial charge in [0.2, 0.25) is 5.91 Å². The number of nitrogen functional groups attached to an aromatic ring is 1. The largest absolute Gasteiger partial charge is 0.382 e. The molecule has 8 heteroatoms. The van der Waals surface area contributed by atoms with Gasteiger partial charge in [-0.1, -0.05) is 11.3 Å². The molecule has 4 N–H and O–H groups in total. The summed E-state index contributed by atoms with van der Waals surface area (Å²) in [6, 6.07) is 0. The summed E-state index contributed by atoms with van der Waals surface area (Å²) < 4.78 is 0. The maximum Gasteiger partial charge on any atom is 0.267 e. The molecule has 0 bridgehead atoms. The van der Waals surface area contributed by atoms with E-state index in [4.69, 9.17) is 5.73 Å². The quantitative estimate of drug-likeness (QED) is 0.762. The lowest BCUT2D eigenvalue weighted by atomic mass is 9.89. The van der Waals surface area contributed by atoms with Gasteiger partial charge in [0.25, 0.3) is 5.91 Å². The van der Waals surface area contributed by atoms with Crippen LogP contribution < -0.4 is 16.4 Å². The number of nitrogens with two attached hydrogens (primary N) is 1. The lowest BCUT2D eigenvalue weighted by Crippen LogP contribution is -2.40. The molecule has 1 aromatic heterocycles. The molecule has 0 aromatic carbocycles. The van der Waals surface area contributed by atoms with Crippen LogP contribution in [0.3, 0.4) is 0 Å². The van der Waals surface area contributed by atoms with E-state index in [0.29, 0.717) is 29.5 Å². The summed E-state index contributed by atoms with van der Waals surface area (Å²) >= 11 is 1.25. The van der Waals surface area contributed by atoms with Gasteiger partial charge in [-0.2, -0.15) is 0 Å². The SMILES string of the molecule is CCNc1nc(N)c(C(=O)N2CCC(C)(C(=O)NC)C2)s1. The molecule has 116 valence electrons. The number of amides is 2. The van der Waals surface area contributed by atoms with Crippen molar-refractivity contribution in [3.63, 3.8) is 0 Å². The molecule has 7 nitrogen and oxygen atoms in total. The number of thiazole rings is 1. The second-order valence-electron chi connectivity index (χ2n) is 5.38. The Bertz CT molecular complexity index is 559. The highest BCUT2D eigenvalue weighted by Crippen LogP contribution is 2.33. The third kappa shape index (κ3) is 2.94. The average molecular weight is 311 g/mol. The fourth-order valence-corrected chi connectivity index (χ4v) is 3.40. The highest BCUT2D eigenvalue weighted by molar-refractivity contribution is 7.18. The molecule has 0 radical (unpaired) electrons. The van der Waals surface area contributed by atoms with Gasteiger partial charge in [0.05, 0.1) is 5.41 Å². The van der Waals surface area contributed by atoms with Crippen molar-refractivity contribution < 1.29 is 9.59 Å². The summed E-state index contributed by atoms with van der Waals surface area (Å²) in [4.78, 5) is 30.7. The minimum atomic E-state index is -0.533. The fourth-order valence-electron chi connectivity index (χ4n) is 2.48. The van der Waals surface area contributed by atoms with E-state index in [2.05, 4.69) is 15.6 Å². The second kappa shape index (κ2) is 5.88. The fraction of sp³-hybridized carbons (Fsp3) is 0.615. The van der Waals surface area contributed by atoms with E-state index in [-0.39, 0.29) is 17.6 Å². The Balaban J connectivity index is 2.13. The number of carbonyl (C=O) groups excluding carboxylic acids is 2. The molecule has 0 spiro atoms. The molecule has 0 aliphatic carbocycles. The van der Waals surface area contributed by atoms with E-state index in [9.17, 15) is 9.59 Å². The minimum absolute atomic E-state index is 0.0385. The Morgan fingerprint density at radius 1 is 1.52 bits per heavy atom. The van der Waals surface area contributed by atoms with E-state index < -0.39 is 5.41 Å². The van der Waals surface area contributed by atoms with Gasteiger partial charge in [0.15, 0.2) is 5.13 Å². The van der Waals surface area contributed by atoms with E-state index in [1.165, 1.54) is 11.3 Å². The van der Waals surface area contributed by atoms with Gasteiger partial charge in [0.1, 0.15) is 10.7 Å². The third-order valence-electron chi connectivity index (χ3n) is 3.71. The van der Waals surface area contributed by atoms with Gasteiger partial charge in [-0.3, -0.25) is 9.59 Å². The van der Waals surface area contributed by atoms with Gasteiger partial charge in [-0.25, -0.2) is 4.98 Å². The molecule has 2 amide bonds. The first-order chi connectivity index (χ1) is 9.91. The number of nitrogens with zero attached hydrogens (tertiary/aromatic N) is 2. The maximum absolute atomic E-state index is 12.5. The van der Waals surface area contributed by atoms with Crippen molar-refractivity contribution in [1.82, 2.24) is 15.2 Å². The molecule has 21 heavy (non-hydrogen) atoms. The van der Waals surface area contributed by atoms with Crippen molar-refractivity contribution in [2.75, 3.05) is 37.7 Å². The van der Waals surface area contributed by atoms with Crippen LogP contribution in [-0.2, 0) is 4.79 Å². The van der Waals surface area contributed by atoms with Crippen molar-refractivity contribution >= 4 is 34.1 Å². The molecule has 0 saturated carbocycles. The summed E-state index contributed by atoms with van der Waals surface area (Å²) in [6.45, 7) is 5.50. The van der Waals surface area contributed by atoms with Crippen molar-refractivity contribution in [1.29, 1.82) is 0 Å². The molecule has 1 aliphatic rings. The van der Waals surface area contributed by atoms with E-state index in [1.807, 2.05) is 13.8 Å². The van der Waals surface area contributed by atoms with Crippen LogP contribution in [0.5, 0.6) is 0 Å². The number of nitrogens with one attached hydrogen (secondary N) is 2. The van der Waals surface area contributed by atoms with Crippen LogP contribution in [0.25, 0.3) is 0 Å². The van der Waals surface area contributed by atoms with Crippen molar-refractivity contribution in [2.24, 2.45) is 5.41 Å². The Morgan fingerprint density at radius 3 is 2.86 bits per heavy atom. The number of rotatable bonds is 4. The van der Waals surface area contributed by atoms with Crippen LogP contribution >= 0.6 is 11.3 Å². The standard InChI is InChI=1S/C13H21N5O2S/c1-4-16-12-17-9(14)8(21-12)10(19)18-6-5-13(2,7-18)11(20)15-3/h4-7,14H2,1-3H3,(H,15,20)(H,16,17). The highest BCUT2D eigenvalue weighted by Gasteiger charge is 2.42. The molecule has 1 saturated heterocycles. The summed E-state index contributed by atoms with van der Waals surface area (Å²) in [6.07, 6.45) is 0.650. The molecule has 1 aromatic rings.